The van der Waals surface area contributed by atoms with Crippen LogP contribution in [0, 0.1) is 29.1 Å². The number of ether oxygens (including phenoxy) is 2. The largest absolute Gasteiger partial charge is 0.465 e. The van der Waals surface area contributed by atoms with Crippen LogP contribution in [0.2, 0.25) is 0 Å². The van der Waals surface area contributed by atoms with Crippen molar-refractivity contribution in [3.8, 4) is 0 Å². The van der Waals surface area contributed by atoms with Crippen molar-refractivity contribution < 1.29 is 19.1 Å². The van der Waals surface area contributed by atoms with Gasteiger partial charge in [-0.25, -0.2) is 4.79 Å². The minimum atomic E-state index is -0.660. The number of esters is 1. The molecule has 7 heteroatoms. The minimum Gasteiger partial charge on any atom is -0.465 e. The first-order valence-electron chi connectivity index (χ1n) is 9.64. The Morgan fingerprint density at radius 1 is 1.35 bits per heavy atom. The molecule has 7 nitrogen and oxygen atoms in total. The van der Waals surface area contributed by atoms with Crippen molar-refractivity contribution in [2.75, 3.05) is 6.61 Å². The van der Waals surface area contributed by atoms with E-state index in [0.29, 0.717) is 36.5 Å². The Balaban J connectivity index is 1.80. The molecule has 0 saturated heterocycles. The predicted octanol–water partition coefficient (Wildman–Crippen LogP) is 2.74. The van der Waals surface area contributed by atoms with Crippen LogP contribution in [0.5, 0.6) is 0 Å². The minimum absolute atomic E-state index is 0.0482. The Kier molecular flexibility index (Phi) is 5.03. The van der Waals surface area contributed by atoms with Crippen molar-refractivity contribution in [1.82, 2.24) is 5.01 Å². The van der Waals surface area contributed by atoms with E-state index in [-0.39, 0.29) is 17.5 Å². The standard InChI is InChI=1S/C19H31N3O4/c1-6-25-17(23)12-9-14(22(18(20)24)21-11(12)3)26-16-10(2)7-8-13-15(16)19(13,4)5/h10,12-16H,6-9H2,1-5H3,(H2,20,24)/t10-,12+,13+,14+,15-,16+/m0/s1. The van der Waals surface area contributed by atoms with Gasteiger partial charge in [0.05, 0.1) is 18.4 Å². The van der Waals surface area contributed by atoms with Gasteiger partial charge >= 0.3 is 12.0 Å². The Morgan fingerprint density at radius 3 is 2.65 bits per heavy atom. The molecule has 2 aliphatic carbocycles. The quantitative estimate of drug-likeness (QED) is 0.775. The Bertz CT molecular complexity index is 618. The molecule has 146 valence electrons. The number of hydrogen-bond donors (Lipinski definition) is 1. The van der Waals surface area contributed by atoms with Crippen molar-refractivity contribution in [2.24, 2.45) is 39.9 Å². The van der Waals surface area contributed by atoms with Gasteiger partial charge in [-0.15, -0.1) is 0 Å². The molecule has 0 bridgehead atoms. The van der Waals surface area contributed by atoms with Gasteiger partial charge in [-0.1, -0.05) is 20.8 Å². The van der Waals surface area contributed by atoms with Crippen molar-refractivity contribution in [3.63, 3.8) is 0 Å². The predicted molar refractivity (Wildman–Crippen MR) is 97.1 cm³/mol. The number of primary amides is 1. The van der Waals surface area contributed by atoms with Gasteiger partial charge in [0.2, 0.25) is 0 Å². The maximum Gasteiger partial charge on any atom is 0.337 e. The summed E-state index contributed by atoms with van der Waals surface area (Å²) in [7, 11) is 0. The average molecular weight is 365 g/mol. The third kappa shape index (κ3) is 3.21. The summed E-state index contributed by atoms with van der Waals surface area (Å²) < 4.78 is 11.6. The normalized spacial score (nSPS) is 38.2. The zero-order valence-corrected chi connectivity index (χ0v) is 16.4. The number of amides is 2. The summed E-state index contributed by atoms with van der Waals surface area (Å²) in [4.78, 5) is 24.2. The van der Waals surface area contributed by atoms with Crippen LogP contribution >= 0.6 is 0 Å². The topological polar surface area (TPSA) is 94.2 Å². The van der Waals surface area contributed by atoms with Crippen molar-refractivity contribution >= 4 is 17.7 Å². The summed E-state index contributed by atoms with van der Waals surface area (Å²) in [5.74, 6) is 0.723. The Hall–Kier alpha value is -1.63. The molecule has 0 spiro atoms. The van der Waals surface area contributed by atoms with Crippen LogP contribution in [-0.4, -0.2) is 41.7 Å². The monoisotopic (exact) mass is 365 g/mol. The maximum atomic E-state index is 12.3. The average Bonchev–Trinajstić information content (AvgIpc) is 3.12. The molecule has 2 N–H and O–H groups in total. The number of carbonyl (C=O) groups is 2. The fourth-order valence-corrected chi connectivity index (χ4v) is 4.94. The van der Waals surface area contributed by atoms with E-state index in [9.17, 15) is 9.59 Å². The number of rotatable bonds is 4. The molecule has 26 heavy (non-hydrogen) atoms. The van der Waals surface area contributed by atoms with Crippen LogP contribution in [0.25, 0.3) is 0 Å². The van der Waals surface area contributed by atoms with Crippen LogP contribution in [0.15, 0.2) is 5.10 Å². The van der Waals surface area contributed by atoms with E-state index >= 15 is 0 Å². The van der Waals surface area contributed by atoms with E-state index < -0.39 is 18.2 Å². The summed E-state index contributed by atoms with van der Waals surface area (Å²) in [6.45, 7) is 10.6. The lowest BCUT2D eigenvalue weighted by Gasteiger charge is -2.38. The molecule has 2 amide bonds. The van der Waals surface area contributed by atoms with E-state index in [1.54, 1.807) is 13.8 Å². The molecule has 0 aromatic carbocycles. The Labute approximate surface area is 155 Å². The van der Waals surface area contributed by atoms with Gasteiger partial charge in [-0.05, 0) is 49.9 Å². The summed E-state index contributed by atoms with van der Waals surface area (Å²) in [6.07, 6.45) is 2.09. The second-order valence-corrected chi connectivity index (χ2v) is 8.53. The number of carbonyl (C=O) groups excluding carboxylic acids is 2. The highest BCUT2D eigenvalue weighted by Crippen LogP contribution is 2.66. The highest BCUT2D eigenvalue weighted by atomic mass is 16.5. The molecule has 1 aliphatic heterocycles. The van der Waals surface area contributed by atoms with Gasteiger partial charge in [0.25, 0.3) is 0 Å². The number of nitrogens with zero attached hydrogens (tertiary/aromatic N) is 2. The fraction of sp³-hybridized carbons (Fsp3) is 0.842. The molecule has 6 atom stereocenters. The molecule has 0 aromatic rings. The van der Waals surface area contributed by atoms with Gasteiger partial charge < -0.3 is 15.2 Å². The van der Waals surface area contributed by atoms with E-state index in [2.05, 4.69) is 25.9 Å². The zero-order chi connectivity index (χ0) is 19.2. The number of fused-ring (bicyclic) bond motifs is 1. The van der Waals surface area contributed by atoms with Gasteiger partial charge in [0.15, 0.2) is 6.23 Å². The number of hydrazone groups is 1. The summed E-state index contributed by atoms with van der Waals surface area (Å²) in [5, 5.41) is 5.45. The fourth-order valence-electron chi connectivity index (χ4n) is 4.94. The lowest BCUT2D eigenvalue weighted by atomic mass is 9.87. The summed E-state index contributed by atoms with van der Waals surface area (Å²) in [6, 6.07) is -0.660. The molecule has 1 heterocycles. The molecule has 0 aromatic heterocycles. The molecular weight excluding hydrogens is 334 g/mol. The van der Waals surface area contributed by atoms with Crippen LogP contribution in [0.4, 0.5) is 4.79 Å². The first kappa shape index (κ1) is 19.1. The van der Waals surface area contributed by atoms with Gasteiger partial charge in [0.1, 0.15) is 5.92 Å². The second-order valence-electron chi connectivity index (χ2n) is 8.53. The SMILES string of the molecule is CCOC(=O)[C@@H]1C[C@@H](O[C@H]2[C@@H]3[C@@H](CC[C@@H]2C)C3(C)C)N(C(N)=O)N=C1C. The van der Waals surface area contributed by atoms with Gasteiger partial charge in [-0.3, -0.25) is 4.79 Å². The van der Waals surface area contributed by atoms with Crippen molar-refractivity contribution in [2.45, 2.75) is 66.2 Å². The van der Waals surface area contributed by atoms with E-state index in [1.807, 2.05) is 0 Å². The highest BCUT2D eigenvalue weighted by molar-refractivity contribution is 6.01. The Morgan fingerprint density at radius 2 is 2.04 bits per heavy atom. The maximum absolute atomic E-state index is 12.3. The number of urea groups is 1. The molecule has 0 radical (unpaired) electrons. The molecule has 2 saturated carbocycles. The summed E-state index contributed by atoms with van der Waals surface area (Å²) in [5.41, 5.74) is 6.32. The first-order valence-corrected chi connectivity index (χ1v) is 9.64. The molecule has 2 fully saturated rings. The molecule has 3 rings (SSSR count). The second kappa shape index (κ2) is 6.83. The third-order valence-corrected chi connectivity index (χ3v) is 6.58. The van der Waals surface area contributed by atoms with E-state index in [0.717, 1.165) is 6.42 Å². The lowest BCUT2D eigenvalue weighted by Crippen LogP contribution is -2.51. The zero-order valence-electron chi connectivity index (χ0n) is 16.4. The third-order valence-electron chi connectivity index (χ3n) is 6.58. The lowest BCUT2D eigenvalue weighted by molar-refractivity contribution is -0.154. The highest BCUT2D eigenvalue weighted by Gasteiger charge is 2.64. The van der Waals surface area contributed by atoms with Crippen LogP contribution in [-0.2, 0) is 14.3 Å². The van der Waals surface area contributed by atoms with Crippen LogP contribution in [0.3, 0.4) is 0 Å². The van der Waals surface area contributed by atoms with Gasteiger partial charge in [0, 0.05) is 6.42 Å². The number of nitrogens with two attached hydrogens (primary N) is 1. The number of hydrogen-bond acceptors (Lipinski definition) is 5. The smallest absolute Gasteiger partial charge is 0.337 e. The first-order chi connectivity index (χ1) is 12.2. The van der Waals surface area contributed by atoms with Gasteiger partial charge in [-0.2, -0.15) is 10.1 Å². The molecule has 3 aliphatic rings. The van der Waals surface area contributed by atoms with Crippen molar-refractivity contribution in [3.05, 3.63) is 0 Å². The molecule has 0 unspecified atom stereocenters. The van der Waals surface area contributed by atoms with E-state index in [1.165, 1.54) is 11.4 Å². The van der Waals surface area contributed by atoms with Crippen LogP contribution < -0.4 is 5.73 Å². The van der Waals surface area contributed by atoms with Crippen LogP contribution in [0.1, 0.15) is 53.9 Å². The van der Waals surface area contributed by atoms with E-state index in [4.69, 9.17) is 15.2 Å². The summed E-state index contributed by atoms with van der Waals surface area (Å²) >= 11 is 0. The van der Waals surface area contributed by atoms with Crippen molar-refractivity contribution in [1.29, 1.82) is 0 Å². The molecular formula is C19H31N3O4.